The quantitative estimate of drug-likeness (QED) is 0.398. The van der Waals surface area contributed by atoms with E-state index >= 15 is 0 Å². The Morgan fingerprint density at radius 2 is 1.58 bits per heavy atom. The van der Waals surface area contributed by atoms with Crippen molar-refractivity contribution in [2.45, 2.75) is 13.3 Å². The van der Waals surface area contributed by atoms with Crippen LogP contribution in [0.4, 0.5) is 0 Å². The predicted molar refractivity (Wildman–Crippen MR) is 50.6 cm³/mol. The number of nitrogens with two attached hydrogens (primary N) is 2. The third-order valence-electron chi connectivity index (χ3n) is 0.629. The molecule has 0 aliphatic rings. The van der Waals surface area contributed by atoms with E-state index in [0.717, 1.165) is 0 Å². The van der Waals surface area contributed by atoms with Gasteiger partial charge in [0.25, 0.3) is 10.1 Å². The molecule has 0 amide bonds. The van der Waals surface area contributed by atoms with Gasteiger partial charge in [-0.2, -0.15) is 8.42 Å². The third kappa shape index (κ3) is 30.8. The second kappa shape index (κ2) is 11.8. The zero-order valence-electron chi connectivity index (χ0n) is 7.66. The van der Waals surface area contributed by atoms with E-state index in [0.29, 0.717) is 19.5 Å². The zero-order valence-corrected chi connectivity index (χ0v) is 10.5. The van der Waals surface area contributed by atoms with Crippen LogP contribution in [0.25, 0.3) is 0 Å². The molecule has 71 valence electrons. The van der Waals surface area contributed by atoms with Gasteiger partial charge in [0.2, 0.25) is 0 Å². The van der Waals surface area contributed by atoms with E-state index in [4.69, 9.17) is 16.0 Å². The molecule has 0 aromatic carbocycles. The van der Waals surface area contributed by atoms with Crippen molar-refractivity contribution in [1.29, 1.82) is 0 Å². The van der Waals surface area contributed by atoms with Crippen LogP contribution in [0.1, 0.15) is 13.3 Å². The SMILES string of the molecule is CCCS(=O)(=O)O.NCCN.[Na]. The van der Waals surface area contributed by atoms with E-state index in [-0.39, 0.29) is 35.3 Å². The average Bonchev–Trinajstić information content (AvgIpc) is 1.86. The number of hydrogen-bond donors (Lipinski definition) is 3. The molecular weight excluding hydrogens is 191 g/mol. The molecule has 0 atom stereocenters. The van der Waals surface area contributed by atoms with E-state index in [1.807, 2.05) is 0 Å². The Bertz CT molecular complexity index is 158. The second-order valence-corrected chi connectivity index (χ2v) is 3.44. The van der Waals surface area contributed by atoms with Gasteiger partial charge in [-0.1, -0.05) is 6.92 Å². The molecule has 0 spiro atoms. The van der Waals surface area contributed by atoms with Crippen molar-refractivity contribution in [2.75, 3.05) is 18.8 Å². The van der Waals surface area contributed by atoms with E-state index in [2.05, 4.69) is 0 Å². The van der Waals surface area contributed by atoms with Crippen molar-refractivity contribution >= 4 is 39.7 Å². The molecule has 0 heterocycles. The summed E-state index contributed by atoms with van der Waals surface area (Å²) in [6.07, 6.45) is 0.471. The molecule has 0 saturated carbocycles. The largest absolute Gasteiger partial charge is 0.329 e. The Labute approximate surface area is 95.9 Å². The smallest absolute Gasteiger partial charge is 0.264 e. The first-order valence-electron chi connectivity index (χ1n) is 3.33. The van der Waals surface area contributed by atoms with E-state index < -0.39 is 10.1 Å². The maximum Gasteiger partial charge on any atom is 0.264 e. The van der Waals surface area contributed by atoms with Gasteiger partial charge in [-0.3, -0.25) is 4.55 Å². The maximum absolute atomic E-state index is 9.79. The van der Waals surface area contributed by atoms with Crippen molar-refractivity contribution in [3.05, 3.63) is 0 Å². The Balaban J connectivity index is -0.000000142. The second-order valence-electron chi connectivity index (χ2n) is 1.86. The van der Waals surface area contributed by atoms with Gasteiger partial charge < -0.3 is 11.5 Å². The van der Waals surface area contributed by atoms with Crippen LogP contribution in [-0.2, 0) is 10.1 Å². The van der Waals surface area contributed by atoms with Crippen molar-refractivity contribution in [1.82, 2.24) is 0 Å². The summed E-state index contributed by atoms with van der Waals surface area (Å²) in [6.45, 7) is 2.88. The van der Waals surface area contributed by atoms with Crippen molar-refractivity contribution in [3.8, 4) is 0 Å². The summed E-state index contributed by atoms with van der Waals surface area (Å²) in [5.74, 6) is -0.132. The molecule has 0 fully saturated rings. The van der Waals surface area contributed by atoms with Gasteiger partial charge in [-0.05, 0) is 6.42 Å². The summed E-state index contributed by atoms with van der Waals surface area (Å²) in [7, 11) is -3.67. The first-order chi connectivity index (χ1) is 4.97. The van der Waals surface area contributed by atoms with Gasteiger partial charge in [0.05, 0.1) is 5.75 Å². The van der Waals surface area contributed by atoms with Gasteiger partial charge in [-0.25, -0.2) is 0 Å². The molecular formula is C5H16N2NaO3S. The Hall–Kier alpha value is 0.830. The minimum atomic E-state index is -3.67. The topological polar surface area (TPSA) is 106 Å². The normalized spacial score (nSPS) is 9.33. The van der Waals surface area contributed by atoms with Crippen LogP contribution in [0.5, 0.6) is 0 Å². The molecule has 5 N–H and O–H groups in total. The number of hydrogen-bond acceptors (Lipinski definition) is 4. The van der Waals surface area contributed by atoms with Gasteiger partial charge in [0.1, 0.15) is 0 Å². The van der Waals surface area contributed by atoms with Crippen LogP contribution in [0.3, 0.4) is 0 Å². The first-order valence-corrected chi connectivity index (χ1v) is 4.94. The summed E-state index contributed by atoms with van der Waals surface area (Å²) in [5.41, 5.74) is 9.81. The molecule has 5 nitrogen and oxygen atoms in total. The van der Waals surface area contributed by atoms with E-state index in [9.17, 15) is 8.42 Å². The van der Waals surface area contributed by atoms with Crippen LogP contribution in [0.15, 0.2) is 0 Å². The van der Waals surface area contributed by atoms with Gasteiger partial charge in [0.15, 0.2) is 0 Å². The van der Waals surface area contributed by atoms with Crippen LogP contribution >= 0.6 is 0 Å². The Kier molecular flexibility index (Phi) is 18.3. The summed E-state index contributed by atoms with van der Waals surface area (Å²) in [5, 5.41) is 0. The molecule has 0 saturated heterocycles. The molecule has 7 heteroatoms. The van der Waals surface area contributed by atoms with E-state index in [1.165, 1.54) is 0 Å². The third-order valence-corrected chi connectivity index (χ3v) is 1.55. The summed E-state index contributed by atoms with van der Waals surface area (Å²) in [6, 6.07) is 0. The average molecular weight is 207 g/mol. The molecule has 0 aromatic heterocycles. The molecule has 1 radical (unpaired) electrons. The van der Waals surface area contributed by atoms with Gasteiger partial charge in [0, 0.05) is 42.6 Å². The Morgan fingerprint density at radius 3 is 1.58 bits per heavy atom. The van der Waals surface area contributed by atoms with Crippen molar-refractivity contribution < 1.29 is 13.0 Å². The maximum atomic E-state index is 9.79. The molecule has 12 heavy (non-hydrogen) atoms. The van der Waals surface area contributed by atoms with Gasteiger partial charge in [-0.15, -0.1) is 0 Å². The van der Waals surface area contributed by atoms with Crippen LogP contribution in [-0.4, -0.2) is 61.4 Å². The fourth-order valence-corrected chi connectivity index (χ4v) is 0.774. The van der Waals surface area contributed by atoms with Crippen molar-refractivity contribution in [3.63, 3.8) is 0 Å². The first kappa shape index (κ1) is 18.6. The number of rotatable bonds is 3. The summed E-state index contributed by atoms with van der Waals surface area (Å²) < 4.78 is 27.6. The predicted octanol–water partition coefficient (Wildman–Crippen LogP) is -1.19. The van der Waals surface area contributed by atoms with Crippen molar-refractivity contribution in [2.24, 2.45) is 11.5 Å². The summed E-state index contributed by atoms with van der Waals surface area (Å²) >= 11 is 0. The molecule has 0 bridgehead atoms. The fraction of sp³-hybridized carbons (Fsp3) is 1.00. The molecule has 0 aromatic rings. The molecule has 0 rings (SSSR count). The minimum absolute atomic E-state index is 0. The molecule has 0 aliphatic carbocycles. The standard InChI is InChI=1S/C3H8O3S.C2H8N2.Na/c1-2-3-7(4,5)6;3-1-2-4;/h2-3H2,1H3,(H,4,5,6);1-4H2;. The van der Waals surface area contributed by atoms with E-state index in [1.54, 1.807) is 6.92 Å². The van der Waals surface area contributed by atoms with Crippen LogP contribution in [0.2, 0.25) is 0 Å². The molecule has 0 aliphatic heterocycles. The monoisotopic (exact) mass is 207 g/mol. The zero-order chi connectivity index (χ0) is 9.33. The minimum Gasteiger partial charge on any atom is -0.329 e. The Morgan fingerprint density at radius 1 is 1.25 bits per heavy atom. The van der Waals surface area contributed by atoms with Gasteiger partial charge >= 0.3 is 0 Å². The molecule has 0 unspecified atom stereocenters. The van der Waals surface area contributed by atoms with Crippen LogP contribution in [0, 0.1) is 0 Å². The fourth-order valence-electron chi connectivity index (χ4n) is 0.258. The van der Waals surface area contributed by atoms with Crippen LogP contribution < -0.4 is 11.5 Å². The summed E-state index contributed by atoms with van der Waals surface area (Å²) in [4.78, 5) is 0.